The Morgan fingerprint density at radius 1 is 0.455 bits per heavy atom. The first-order valence-corrected chi connectivity index (χ1v) is 29.5. The quantitative estimate of drug-likeness (QED) is 0.0378. The summed E-state index contributed by atoms with van der Waals surface area (Å²) < 4.78 is -3.91. The Hall–Kier alpha value is -1.24. The molecule has 8 nitrogen and oxygen atoms in total. The number of fused-ring (bicyclic) bond motifs is 1. The van der Waals surface area contributed by atoms with Crippen LogP contribution in [0, 0.1) is 11.8 Å². The highest BCUT2D eigenvalue weighted by Crippen LogP contribution is 2.51. The normalized spacial score (nSPS) is 18.1. The summed E-state index contributed by atoms with van der Waals surface area (Å²) in [6.07, 6.45) is 37.6. The van der Waals surface area contributed by atoms with Crippen LogP contribution in [0.3, 0.4) is 0 Å². The van der Waals surface area contributed by atoms with E-state index >= 15 is 0 Å². The molecule has 0 saturated heterocycles. The van der Waals surface area contributed by atoms with Gasteiger partial charge in [-0.25, -0.2) is 4.79 Å². The first-order chi connectivity index (χ1) is 31.6. The van der Waals surface area contributed by atoms with Crippen molar-refractivity contribution in [1.29, 1.82) is 0 Å². The van der Waals surface area contributed by atoms with Crippen LogP contribution in [0.15, 0.2) is 8.95 Å². The molecule has 12 heteroatoms. The molecule has 0 fully saturated rings. The van der Waals surface area contributed by atoms with Crippen molar-refractivity contribution in [2.45, 2.75) is 255 Å². The predicted molar refractivity (Wildman–Crippen MR) is 290 cm³/mol. The second-order valence-corrected chi connectivity index (χ2v) is 23.5. The molecular weight excluding hydrogens is 1090 g/mol. The summed E-state index contributed by atoms with van der Waals surface area (Å²) in [7, 11) is 0. The van der Waals surface area contributed by atoms with Gasteiger partial charge >= 0.3 is 11.9 Å². The fourth-order valence-electron chi connectivity index (χ4n) is 10.3. The summed E-state index contributed by atoms with van der Waals surface area (Å²) in [6, 6.07) is 0. The van der Waals surface area contributed by atoms with Crippen molar-refractivity contribution in [3.8, 4) is 0 Å². The highest BCUT2D eigenvalue weighted by molar-refractivity contribution is 9.13. The first-order valence-electron chi connectivity index (χ1n) is 26.3. The van der Waals surface area contributed by atoms with E-state index in [0.29, 0.717) is 32.9 Å². The lowest BCUT2D eigenvalue weighted by Crippen LogP contribution is -2.68. The largest absolute Gasteiger partial charge is 0.480 e. The van der Waals surface area contributed by atoms with E-state index in [2.05, 4.69) is 91.4 Å². The molecule has 1 aromatic carbocycles. The van der Waals surface area contributed by atoms with E-state index in [1.165, 1.54) is 122 Å². The number of alkyl halides is 2. The van der Waals surface area contributed by atoms with Gasteiger partial charge in [-0.2, -0.15) is 0 Å². The molecule has 66 heavy (non-hydrogen) atoms. The second-order valence-electron chi connectivity index (χ2n) is 19.5. The van der Waals surface area contributed by atoms with E-state index in [1.54, 1.807) is 0 Å². The minimum absolute atomic E-state index is 0.145. The topological polar surface area (TPSA) is 161 Å². The van der Waals surface area contributed by atoms with Crippen molar-refractivity contribution in [2.24, 2.45) is 23.3 Å². The number of aliphatic carboxylic acids is 2. The minimum atomic E-state index is -2.68. The second kappa shape index (κ2) is 33.4. The van der Waals surface area contributed by atoms with Crippen LogP contribution in [0.4, 0.5) is 0 Å². The smallest absolute Gasteiger partial charge is 0.334 e. The molecular formula is C54H88Br4N2O6. The number of carbonyl (C=O) groups excluding carboxylic acids is 2. The zero-order valence-electron chi connectivity index (χ0n) is 41.4. The molecule has 0 saturated carbocycles. The summed E-state index contributed by atoms with van der Waals surface area (Å²) in [5.41, 5.74) is 12.8. The van der Waals surface area contributed by atoms with E-state index in [9.17, 15) is 29.4 Å². The Bertz CT molecular complexity index is 1660. The molecule has 1 aliphatic carbocycles. The standard InChI is InChI=1S/C54H88Br4N2O6/c1-5-9-13-17-21-23-27-31-35-39(33-29-25-19-15-11-7-3)37-41-43-44(46(50(62)63)54(58,52(65)66)53(57,51(60)64)45(43)49(59)61)42(48(56)47(41)55)38-40(34-30-26-20-16-12-8-4)36-32-28-24-22-18-14-10-6-2/h39-40H,5-38H2,1-4H3,(H2,59,61)(H2,60,64)(H,62,63)(H,65,66). The highest BCUT2D eigenvalue weighted by atomic mass is 79.9. The summed E-state index contributed by atoms with van der Waals surface area (Å²) in [6.45, 7) is 8.90. The number of halogens is 4. The van der Waals surface area contributed by atoms with Crippen molar-refractivity contribution in [2.75, 3.05) is 0 Å². The number of benzene rings is 1. The Balaban J connectivity index is 2.95. The molecule has 0 radical (unpaired) electrons. The molecule has 0 aromatic heterocycles. The van der Waals surface area contributed by atoms with Crippen LogP contribution in [-0.2, 0) is 32.0 Å². The Labute approximate surface area is 433 Å². The maximum atomic E-state index is 14.1. The summed E-state index contributed by atoms with van der Waals surface area (Å²) >= 11 is 14.6. The fraction of sp³-hybridized carbons (Fsp3) is 0.778. The van der Waals surface area contributed by atoms with Crippen LogP contribution in [0.25, 0.3) is 11.1 Å². The number of carboxylic acids is 2. The number of rotatable bonds is 40. The molecule has 0 heterocycles. The van der Waals surface area contributed by atoms with Gasteiger partial charge in [0.25, 0.3) is 0 Å². The Morgan fingerprint density at radius 2 is 0.727 bits per heavy atom. The molecule has 0 bridgehead atoms. The van der Waals surface area contributed by atoms with Gasteiger partial charge in [0, 0.05) is 8.95 Å². The third kappa shape index (κ3) is 17.9. The number of primary amides is 2. The number of nitrogens with two attached hydrogens (primary N) is 2. The van der Waals surface area contributed by atoms with Gasteiger partial charge in [0.15, 0.2) is 8.65 Å². The minimum Gasteiger partial charge on any atom is -0.480 e. The van der Waals surface area contributed by atoms with Gasteiger partial charge < -0.3 is 21.7 Å². The zero-order chi connectivity index (χ0) is 49.1. The van der Waals surface area contributed by atoms with Gasteiger partial charge in [0.05, 0.1) is 11.1 Å². The van der Waals surface area contributed by atoms with Gasteiger partial charge in [-0.1, -0.05) is 265 Å². The van der Waals surface area contributed by atoms with Crippen molar-refractivity contribution < 1.29 is 29.4 Å². The maximum Gasteiger partial charge on any atom is 0.334 e. The van der Waals surface area contributed by atoms with Crippen LogP contribution in [0.1, 0.15) is 244 Å². The van der Waals surface area contributed by atoms with Gasteiger partial charge in [-0.05, 0) is 78.1 Å². The molecule has 0 aliphatic heterocycles. The van der Waals surface area contributed by atoms with Crippen LogP contribution < -0.4 is 21.9 Å². The van der Waals surface area contributed by atoms with Crippen molar-refractivity contribution >= 4 is 98.6 Å². The van der Waals surface area contributed by atoms with Crippen LogP contribution in [0.2, 0.25) is 0 Å². The molecule has 2 amide bonds. The highest BCUT2D eigenvalue weighted by Gasteiger charge is 2.67. The lowest BCUT2D eigenvalue weighted by molar-refractivity contribution is -0.142. The third-order valence-corrected chi connectivity index (χ3v) is 19.7. The lowest BCUT2D eigenvalue weighted by Gasteiger charge is -2.42. The molecule has 1 aliphatic rings. The van der Waals surface area contributed by atoms with Crippen molar-refractivity contribution in [3.63, 3.8) is 0 Å². The molecule has 2 rings (SSSR count). The van der Waals surface area contributed by atoms with Gasteiger partial charge in [-0.15, -0.1) is 0 Å². The number of hydrogen-bond acceptors (Lipinski definition) is 4. The zero-order valence-corrected chi connectivity index (χ0v) is 47.7. The summed E-state index contributed by atoms with van der Waals surface area (Å²) in [4.78, 5) is 55.5. The third-order valence-electron chi connectivity index (χ3n) is 14.2. The predicted octanol–water partition coefficient (Wildman–Crippen LogP) is 14.8. The molecule has 4 atom stereocenters. The Kier molecular flexibility index (Phi) is 30.8. The van der Waals surface area contributed by atoms with Gasteiger partial charge in [0.2, 0.25) is 11.8 Å². The lowest BCUT2D eigenvalue weighted by atomic mass is 9.71. The number of carboxylic acid groups (broad SMARTS) is 2. The summed E-state index contributed by atoms with van der Waals surface area (Å²) in [5.74, 6) is -5.14. The molecule has 4 unspecified atom stereocenters. The molecule has 1 aromatic rings. The first kappa shape index (κ1) is 60.9. The average Bonchev–Trinajstić information content (AvgIpc) is 3.27. The molecule has 6 N–H and O–H groups in total. The monoisotopic (exact) mass is 1180 g/mol. The Morgan fingerprint density at radius 3 is 0.970 bits per heavy atom. The van der Waals surface area contributed by atoms with Crippen LogP contribution in [-0.4, -0.2) is 42.6 Å². The van der Waals surface area contributed by atoms with Crippen molar-refractivity contribution in [1.82, 2.24) is 0 Å². The van der Waals surface area contributed by atoms with E-state index < -0.39 is 38.0 Å². The van der Waals surface area contributed by atoms with E-state index in [4.69, 9.17) is 11.5 Å². The van der Waals surface area contributed by atoms with E-state index in [-0.39, 0.29) is 27.8 Å². The van der Waals surface area contributed by atoms with Crippen LogP contribution >= 0.6 is 63.7 Å². The van der Waals surface area contributed by atoms with Gasteiger partial charge in [-0.3, -0.25) is 14.4 Å². The van der Waals surface area contributed by atoms with Crippen molar-refractivity contribution in [3.05, 3.63) is 30.5 Å². The SMILES string of the molecule is CCCCCCCCCCC(CCCCCCCC)Cc1c(Br)c(Br)c(CC(CCCCCCCC)CCCCCCCCCC)c2c1=C(C(N)=O)C(Br)(C(N)=O)C(Br)(C(=O)O)C=2C(=O)O. The molecule has 378 valence electrons. The number of amides is 2. The van der Waals surface area contributed by atoms with Crippen LogP contribution in [0.5, 0.6) is 0 Å². The van der Waals surface area contributed by atoms with E-state index in [0.717, 1.165) is 83.5 Å². The van der Waals surface area contributed by atoms with Gasteiger partial charge in [0.1, 0.15) is 0 Å². The van der Waals surface area contributed by atoms with E-state index in [1.807, 2.05) is 0 Å². The summed E-state index contributed by atoms with van der Waals surface area (Å²) in [5, 5.41) is 22.8. The number of carbonyl (C=O) groups is 4. The molecule has 0 spiro atoms. The maximum absolute atomic E-state index is 14.1. The fourth-order valence-corrected chi connectivity index (χ4v) is 13.1. The number of hydrogen-bond donors (Lipinski definition) is 4. The number of unbranched alkanes of at least 4 members (excludes halogenated alkanes) is 24. The average molecular weight is 1180 g/mol.